The minimum Gasteiger partial charge on any atom is -0.478 e. The summed E-state index contributed by atoms with van der Waals surface area (Å²) in [5, 5.41) is 9.38. The Morgan fingerprint density at radius 3 is 2.10 bits per heavy atom. The highest BCUT2D eigenvalue weighted by Crippen LogP contribution is 2.30. The van der Waals surface area contributed by atoms with E-state index in [-0.39, 0.29) is 5.41 Å². The number of carbonyl (C=O) groups is 1. The van der Waals surface area contributed by atoms with Crippen molar-refractivity contribution in [2.24, 2.45) is 0 Å². The lowest BCUT2D eigenvalue weighted by Crippen LogP contribution is -2.12. The fraction of sp³-hybridized carbons (Fsp3) is 0.278. The Kier molecular flexibility index (Phi) is 3.67. The molecule has 0 radical (unpaired) electrons. The van der Waals surface area contributed by atoms with Gasteiger partial charge in [0.1, 0.15) is 0 Å². The number of carboxylic acids is 1. The molecule has 0 fully saturated rings. The van der Waals surface area contributed by atoms with Crippen molar-refractivity contribution in [1.82, 2.24) is 0 Å². The van der Waals surface area contributed by atoms with E-state index in [1.165, 1.54) is 0 Å². The Labute approximate surface area is 120 Å². The molecular formula is C18H20O2. The van der Waals surface area contributed by atoms with E-state index in [0.29, 0.717) is 5.56 Å². The normalized spacial score (nSPS) is 11.4. The Hall–Kier alpha value is -2.09. The second-order valence-corrected chi connectivity index (χ2v) is 6.18. The molecule has 0 saturated carbocycles. The van der Waals surface area contributed by atoms with Crippen molar-refractivity contribution in [3.05, 3.63) is 59.2 Å². The van der Waals surface area contributed by atoms with Gasteiger partial charge in [0, 0.05) is 0 Å². The molecule has 0 spiro atoms. The third kappa shape index (κ3) is 2.90. The predicted molar refractivity (Wildman–Crippen MR) is 82.3 cm³/mol. The number of benzene rings is 2. The molecule has 0 heterocycles. The zero-order chi connectivity index (χ0) is 14.9. The first kappa shape index (κ1) is 14.3. The van der Waals surface area contributed by atoms with Gasteiger partial charge in [-0.3, -0.25) is 0 Å². The van der Waals surface area contributed by atoms with Crippen molar-refractivity contribution in [3.63, 3.8) is 0 Å². The molecule has 2 nitrogen and oxygen atoms in total. The second kappa shape index (κ2) is 5.12. The molecule has 0 aliphatic carbocycles. The van der Waals surface area contributed by atoms with Crippen LogP contribution in [-0.4, -0.2) is 11.1 Å². The molecule has 0 amide bonds. The van der Waals surface area contributed by atoms with Crippen LogP contribution in [0, 0.1) is 6.92 Å². The van der Waals surface area contributed by atoms with E-state index in [1.54, 1.807) is 6.07 Å². The highest BCUT2D eigenvalue weighted by molar-refractivity contribution is 5.96. The minimum absolute atomic E-state index is 0.00349. The number of rotatable bonds is 2. The van der Waals surface area contributed by atoms with Gasteiger partial charge in [-0.05, 0) is 41.2 Å². The maximum Gasteiger partial charge on any atom is 0.336 e. The molecule has 0 saturated heterocycles. The summed E-state index contributed by atoms with van der Waals surface area (Å²) >= 11 is 0. The van der Waals surface area contributed by atoms with Crippen molar-refractivity contribution < 1.29 is 9.90 Å². The molecule has 0 bridgehead atoms. The molecule has 2 heteroatoms. The Balaban J connectivity index is 2.64. The quantitative estimate of drug-likeness (QED) is 0.860. The van der Waals surface area contributed by atoms with Crippen LogP contribution in [0.4, 0.5) is 0 Å². The van der Waals surface area contributed by atoms with Crippen molar-refractivity contribution in [3.8, 4) is 11.1 Å². The smallest absolute Gasteiger partial charge is 0.336 e. The first-order chi connectivity index (χ1) is 9.29. The maximum absolute atomic E-state index is 11.4. The van der Waals surface area contributed by atoms with Crippen LogP contribution in [0.3, 0.4) is 0 Å². The Morgan fingerprint density at radius 1 is 1.00 bits per heavy atom. The summed E-state index contributed by atoms with van der Waals surface area (Å²) in [6.07, 6.45) is 0. The van der Waals surface area contributed by atoms with Gasteiger partial charge in [0.2, 0.25) is 0 Å². The zero-order valence-electron chi connectivity index (χ0n) is 12.4. The van der Waals surface area contributed by atoms with E-state index >= 15 is 0 Å². The minimum atomic E-state index is -0.888. The van der Waals surface area contributed by atoms with Crippen LogP contribution < -0.4 is 0 Å². The van der Waals surface area contributed by atoms with Gasteiger partial charge in [-0.15, -0.1) is 0 Å². The second-order valence-electron chi connectivity index (χ2n) is 6.18. The lowest BCUT2D eigenvalue weighted by molar-refractivity contribution is 0.0697. The van der Waals surface area contributed by atoms with E-state index in [4.69, 9.17) is 0 Å². The van der Waals surface area contributed by atoms with Gasteiger partial charge >= 0.3 is 5.97 Å². The molecule has 0 atom stereocenters. The number of aromatic carboxylic acids is 1. The largest absolute Gasteiger partial charge is 0.478 e. The van der Waals surface area contributed by atoms with Crippen LogP contribution in [0.1, 0.15) is 42.3 Å². The summed E-state index contributed by atoms with van der Waals surface area (Å²) in [5.74, 6) is -0.888. The number of hydrogen-bond donors (Lipinski definition) is 1. The van der Waals surface area contributed by atoms with E-state index in [1.807, 2.05) is 43.3 Å². The van der Waals surface area contributed by atoms with Gasteiger partial charge in [0.05, 0.1) is 5.56 Å². The zero-order valence-corrected chi connectivity index (χ0v) is 12.4. The third-order valence-corrected chi connectivity index (χ3v) is 3.48. The van der Waals surface area contributed by atoms with E-state index in [9.17, 15) is 9.90 Å². The van der Waals surface area contributed by atoms with Crippen LogP contribution >= 0.6 is 0 Å². The lowest BCUT2D eigenvalue weighted by Gasteiger charge is -2.21. The SMILES string of the molecule is Cc1ccc(-c2cc(C(C)(C)C)ccc2C(=O)O)cc1. The van der Waals surface area contributed by atoms with E-state index in [2.05, 4.69) is 20.8 Å². The van der Waals surface area contributed by atoms with Gasteiger partial charge in [-0.25, -0.2) is 4.79 Å². The van der Waals surface area contributed by atoms with Crippen LogP contribution in [0.5, 0.6) is 0 Å². The van der Waals surface area contributed by atoms with E-state index in [0.717, 1.165) is 22.3 Å². The van der Waals surface area contributed by atoms with Crippen LogP contribution in [0.15, 0.2) is 42.5 Å². The third-order valence-electron chi connectivity index (χ3n) is 3.48. The van der Waals surface area contributed by atoms with Crippen molar-refractivity contribution in [2.45, 2.75) is 33.1 Å². The van der Waals surface area contributed by atoms with Gasteiger partial charge < -0.3 is 5.11 Å². The topological polar surface area (TPSA) is 37.3 Å². The number of hydrogen-bond acceptors (Lipinski definition) is 1. The first-order valence-corrected chi connectivity index (χ1v) is 6.74. The van der Waals surface area contributed by atoms with Crippen molar-refractivity contribution >= 4 is 5.97 Å². The molecule has 0 aliphatic heterocycles. The molecule has 2 rings (SSSR count). The molecule has 104 valence electrons. The Morgan fingerprint density at radius 2 is 1.60 bits per heavy atom. The maximum atomic E-state index is 11.4. The number of carboxylic acid groups (broad SMARTS) is 1. The number of aryl methyl sites for hydroxylation is 1. The molecule has 2 aromatic rings. The average molecular weight is 268 g/mol. The molecule has 1 N–H and O–H groups in total. The molecule has 0 unspecified atom stereocenters. The van der Waals surface area contributed by atoms with Gasteiger partial charge in [-0.2, -0.15) is 0 Å². The summed E-state index contributed by atoms with van der Waals surface area (Å²) in [6.45, 7) is 8.40. The monoisotopic (exact) mass is 268 g/mol. The van der Waals surface area contributed by atoms with Gasteiger partial charge in [0.15, 0.2) is 0 Å². The highest BCUT2D eigenvalue weighted by Gasteiger charge is 2.18. The first-order valence-electron chi connectivity index (χ1n) is 6.74. The summed E-state index contributed by atoms with van der Waals surface area (Å²) < 4.78 is 0. The van der Waals surface area contributed by atoms with Crippen molar-refractivity contribution in [2.75, 3.05) is 0 Å². The van der Waals surface area contributed by atoms with E-state index < -0.39 is 5.97 Å². The summed E-state index contributed by atoms with van der Waals surface area (Å²) in [6, 6.07) is 13.6. The highest BCUT2D eigenvalue weighted by atomic mass is 16.4. The standard InChI is InChI=1S/C18H20O2/c1-12-5-7-13(8-6-12)16-11-14(18(2,3)4)9-10-15(16)17(19)20/h5-11H,1-4H3,(H,19,20). The fourth-order valence-electron chi connectivity index (χ4n) is 2.17. The van der Waals surface area contributed by atoms with Crippen molar-refractivity contribution in [1.29, 1.82) is 0 Å². The van der Waals surface area contributed by atoms with Gasteiger partial charge in [-0.1, -0.05) is 56.7 Å². The summed E-state index contributed by atoms with van der Waals surface area (Å²) in [7, 11) is 0. The molecule has 2 aromatic carbocycles. The summed E-state index contributed by atoms with van der Waals surface area (Å²) in [5.41, 5.74) is 4.37. The van der Waals surface area contributed by atoms with Crippen LogP contribution in [0.25, 0.3) is 11.1 Å². The molecule has 0 aromatic heterocycles. The Bertz CT molecular complexity index is 631. The predicted octanol–water partition coefficient (Wildman–Crippen LogP) is 4.66. The molecule has 20 heavy (non-hydrogen) atoms. The average Bonchev–Trinajstić information content (AvgIpc) is 2.37. The van der Waals surface area contributed by atoms with Crippen LogP contribution in [-0.2, 0) is 5.41 Å². The fourth-order valence-corrected chi connectivity index (χ4v) is 2.17. The lowest BCUT2D eigenvalue weighted by atomic mass is 9.84. The molecular weight excluding hydrogens is 248 g/mol. The summed E-state index contributed by atoms with van der Waals surface area (Å²) in [4.78, 5) is 11.4. The van der Waals surface area contributed by atoms with Gasteiger partial charge in [0.25, 0.3) is 0 Å². The van der Waals surface area contributed by atoms with Crippen LogP contribution in [0.2, 0.25) is 0 Å². The molecule has 0 aliphatic rings.